The zero-order chi connectivity index (χ0) is 11.6. The first-order valence-electron chi connectivity index (χ1n) is 4.36. The smallest absolute Gasteiger partial charge is 0.337 e. The molecule has 0 fully saturated rings. The zero-order valence-electron chi connectivity index (χ0n) is 8.87. The number of hydrogen-bond acceptors (Lipinski definition) is 3. The maximum atomic E-state index is 10.6. The van der Waals surface area contributed by atoms with Crippen LogP contribution in [-0.4, -0.2) is 11.1 Å². The Morgan fingerprint density at radius 1 is 1.50 bits per heavy atom. The van der Waals surface area contributed by atoms with Crippen LogP contribution in [0.3, 0.4) is 0 Å². The molecule has 0 aliphatic heterocycles. The van der Waals surface area contributed by atoms with Crippen LogP contribution in [0.4, 0.5) is 0 Å². The standard InChI is InChI=1S/C8H12N2O2.C2H6/c1-3-5-6(8(11)12)7(4-2)10-9;1-2/h3-5,10H,1,9H2,2H3,(H,11,12);1-2H3/b6-5+,7-4+;. The van der Waals surface area contributed by atoms with Crippen molar-refractivity contribution in [1.82, 2.24) is 5.43 Å². The summed E-state index contributed by atoms with van der Waals surface area (Å²) in [5.74, 6) is 4.05. The molecule has 14 heavy (non-hydrogen) atoms. The minimum atomic E-state index is -1.04. The number of nitrogens with one attached hydrogen (secondary N) is 1. The van der Waals surface area contributed by atoms with Crippen molar-refractivity contribution in [1.29, 1.82) is 0 Å². The first-order valence-corrected chi connectivity index (χ1v) is 4.36. The summed E-state index contributed by atoms with van der Waals surface area (Å²) in [6, 6.07) is 0. The number of allylic oxidation sites excluding steroid dienone is 3. The van der Waals surface area contributed by atoms with Crippen molar-refractivity contribution >= 4 is 5.97 Å². The molecule has 0 saturated heterocycles. The van der Waals surface area contributed by atoms with Crippen LogP contribution in [0.25, 0.3) is 0 Å². The predicted octanol–water partition coefficient (Wildman–Crippen LogP) is 1.58. The second-order valence-corrected chi connectivity index (χ2v) is 1.97. The summed E-state index contributed by atoms with van der Waals surface area (Å²) in [6.07, 6.45) is 4.34. The van der Waals surface area contributed by atoms with Crippen molar-refractivity contribution in [3.05, 3.63) is 36.1 Å². The quantitative estimate of drug-likeness (QED) is 0.277. The van der Waals surface area contributed by atoms with E-state index in [1.54, 1.807) is 13.0 Å². The average Bonchev–Trinajstić information content (AvgIpc) is 2.21. The number of carboxylic acid groups (broad SMARTS) is 1. The lowest BCUT2D eigenvalue weighted by Gasteiger charge is -2.05. The lowest BCUT2D eigenvalue weighted by atomic mass is 10.2. The SMILES string of the molecule is C=C/C=C(C(=O)O)\C(=C/C)NN.CC. The Hall–Kier alpha value is -1.55. The van der Waals surface area contributed by atoms with Gasteiger partial charge in [0.15, 0.2) is 0 Å². The molecule has 0 atom stereocenters. The van der Waals surface area contributed by atoms with E-state index < -0.39 is 5.97 Å². The van der Waals surface area contributed by atoms with Gasteiger partial charge in [0.1, 0.15) is 0 Å². The Morgan fingerprint density at radius 2 is 2.00 bits per heavy atom. The zero-order valence-corrected chi connectivity index (χ0v) is 8.87. The lowest BCUT2D eigenvalue weighted by Crippen LogP contribution is -2.24. The van der Waals surface area contributed by atoms with Gasteiger partial charge >= 0.3 is 5.97 Å². The van der Waals surface area contributed by atoms with E-state index in [2.05, 4.69) is 12.0 Å². The maximum Gasteiger partial charge on any atom is 0.337 e. The van der Waals surface area contributed by atoms with Crippen LogP contribution >= 0.6 is 0 Å². The van der Waals surface area contributed by atoms with Gasteiger partial charge in [-0.15, -0.1) is 0 Å². The summed E-state index contributed by atoms with van der Waals surface area (Å²) >= 11 is 0. The highest BCUT2D eigenvalue weighted by molar-refractivity contribution is 5.91. The first kappa shape index (κ1) is 14.9. The predicted molar refractivity (Wildman–Crippen MR) is 58.3 cm³/mol. The normalized spacial score (nSPS) is 11.1. The van der Waals surface area contributed by atoms with Crippen molar-refractivity contribution in [2.45, 2.75) is 20.8 Å². The van der Waals surface area contributed by atoms with Crippen molar-refractivity contribution in [3.8, 4) is 0 Å². The van der Waals surface area contributed by atoms with E-state index in [9.17, 15) is 4.79 Å². The van der Waals surface area contributed by atoms with E-state index in [4.69, 9.17) is 10.9 Å². The van der Waals surface area contributed by atoms with E-state index in [0.717, 1.165) is 0 Å². The van der Waals surface area contributed by atoms with Crippen molar-refractivity contribution in [2.75, 3.05) is 0 Å². The molecule has 4 heteroatoms. The minimum Gasteiger partial charge on any atom is -0.478 e. The fourth-order valence-electron chi connectivity index (χ4n) is 0.711. The molecule has 4 N–H and O–H groups in total. The highest BCUT2D eigenvalue weighted by Crippen LogP contribution is 2.05. The highest BCUT2D eigenvalue weighted by atomic mass is 16.4. The van der Waals surface area contributed by atoms with Crippen molar-refractivity contribution < 1.29 is 9.90 Å². The molecule has 0 spiro atoms. The molecule has 0 aliphatic rings. The number of hydrazine groups is 1. The van der Waals surface area contributed by atoms with Gasteiger partial charge in [-0.3, -0.25) is 5.84 Å². The molecule has 0 aromatic heterocycles. The van der Waals surface area contributed by atoms with Gasteiger partial charge in [-0.1, -0.05) is 32.6 Å². The Labute approximate surface area is 84.8 Å². The highest BCUT2D eigenvalue weighted by Gasteiger charge is 2.09. The van der Waals surface area contributed by atoms with E-state index in [0.29, 0.717) is 5.70 Å². The number of nitrogens with two attached hydrogens (primary N) is 1. The number of aliphatic carboxylic acids is 1. The molecule has 0 saturated carbocycles. The lowest BCUT2D eigenvalue weighted by molar-refractivity contribution is -0.132. The molecule has 0 aromatic rings. The Kier molecular flexibility index (Phi) is 10.2. The summed E-state index contributed by atoms with van der Waals surface area (Å²) in [7, 11) is 0. The Bertz CT molecular complexity index is 243. The van der Waals surface area contributed by atoms with Gasteiger partial charge in [0.25, 0.3) is 0 Å². The summed E-state index contributed by atoms with van der Waals surface area (Å²) in [5.41, 5.74) is 2.74. The Morgan fingerprint density at radius 3 is 2.21 bits per heavy atom. The van der Waals surface area contributed by atoms with E-state index in [1.165, 1.54) is 12.2 Å². The van der Waals surface area contributed by atoms with Gasteiger partial charge in [-0.25, -0.2) is 4.79 Å². The Balaban J connectivity index is 0. The summed E-state index contributed by atoms with van der Waals surface area (Å²) < 4.78 is 0. The molecule has 4 nitrogen and oxygen atoms in total. The average molecular weight is 198 g/mol. The number of rotatable bonds is 4. The van der Waals surface area contributed by atoms with Crippen LogP contribution in [0.1, 0.15) is 20.8 Å². The van der Waals surface area contributed by atoms with Gasteiger partial charge in [0, 0.05) is 0 Å². The third-order valence-electron chi connectivity index (χ3n) is 1.25. The maximum absolute atomic E-state index is 10.6. The largest absolute Gasteiger partial charge is 0.478 e. The second-order valence-electron chi connectivity index (χ2n) is 1.97. The van der Waals surface area contributed by atoms with Crippen LogP contribution in [0.2, 0.25) is 0 Å². The molecule has 0 aliphatic carbocycles. The summed E-state index contributed by atoms with van der Waals surface area (Å²) in [6.45, 7) is 9.09. The molecule has 0 aromatic carbocycles. The van der Waals surface area contributed by atoms with Crippen molar-refractivity contribution in [2.24, 2.45) is 5.84 Å². The fourth-order valence-corrected chi connectivity index (χ4v) is 0.711. The van der Waals surface area contributed by atoms with Crippen LogP contribution in [0, 0.1) is 0 Å². The third kappa shape index (κ3) is 5.16. The van der Waals surface area contributed by atoms with Crippen molar-refractivity contribution in [3.63, 3.8) is 0 Å². The van der Waals surface area contributed by atoms with Gasteiger partial charge in [-0.05, 0) is 13.0 Å². The molecule has 80 valence electrons. The van der Waals surface area contributed by atoms with Crippen LogP contribution < -0.4 is 11.3 Å². The van der Waals surface area contributed by atoms with Gasteiger partial charge in [0.2, 0.25) is 0 Å². The molecule has 0 heterocycles. The number of carbonyl (C=O) groups is 1. The van der Waals surface area contributed by atoms with Gasteiger partial charge in [0.05, 0.1) is 11.3 Å². The molecule has 0 unspecified atom stereocenters. The molecule has 0 amide bonds. The molecular weight excluding hydrogens is 180 g/mol. The second kappa shape index (κ2) is 9.54. The minimum absolute atomic E-state index is 0.0926. The van der Waals surface area contributed by atoms with Crippen LogP contribution in [-0.2, 0) is 4.79 Å². The first-order chi connectivity index (χ1) is 6.67. The summed E-state index contributed by atoms with van der Waals surface area (Å²) in [4.78, 5) is 10.6. The fraction of sp³-hybridized carbons (Fsp3) is 0.300. The number of carboxylic acids is 1. The van der Waals surface area contributed by atoms with Gasteiger partial charge < -0.3 is 10.5 Å². The molecular formula is C10H18N2O2. The number of hydrogen-bond donors (Lipinski definition) is 3. The topological polar surface area (TPSA) is 75.3 Å². The van der Waals surface area contributed by atoms with Crippen LogP contribution in [0.5, 0.6) is 0 Å². The van der Waals surface area contributed by atoms with E-state index in [-0.39, 0.29) is 5.57 Å². The van der Waals surface area contributed by atoms with Gasteiger partial charge in [-0.2, -0.15) is 0 Å². The van der Waals surface area contributed by atoms with E-state index in [1.807, 2.05) is 13.8 Å². The third-order valence-corrected chi connectivity index (χ3v) is 1.25. The van der Waals surface area contributed by atoms with E-state index >= 15 is 0 Å². The summed E-state index contributed by atoms with van der Waals surface area (Å²) in [5, 5.41) is 8.68. The molecule has 0 bridgehead atoms. The monoisotopic (exact) mass is 198 g/mol. The molecule has 0 radical (unpaired) electrons. The van der Waals surface area contributed by atoms with Crippen LogP contribution in [0.15, 0.2) is 36.1 Å². The molecule has 0 rings (SSSR count).